The summed E-state index contributed by atoms with van der Waals surface area (Å²) in [6, 6.07) is 1.87. The number of rotatable bonds is 7. The van der Waals surface area contributed by atoms with Gasteiger partial charge in [-0.25, -0.2) is 0 Å². The molecule has 0 fully saturated rings. The summed E-state index contributed by atoms with van der Waals surface area (Å²) in [7, 11) is 0. The number of aromatic amines is 1. The molecule has 24 heavy (non-hydrogen) atoms. The van der Waals surface area contributed by atoms with E-state index in [-0.39, 0.29) is 17.9 Å². The number of hydrogen-bond acceptors (Lipinski definition) is 5. The molecule has 7 heteroatoms. The van der Waals surface area contributed by atoms with Gasteiger partial charge in [-0.05, 0) is 44.7 Å². The minimum Gasteiger partial charge on any atom is -0.453 e. The molecule has 0 saturated carbocycles. The van der Waals surface area contributed by atoms with Crippen molar-refractivity contribution in [2.45, 2.75) is 53.1 Å². The van der Waals surface area contributed by atoms with Crippen LogP contribution in [0.5, 0.6) is 0 Å². The van der Waals surface area contributed by atoms with Gasteiger partial charge in [0.05, 0.1) is 0 Å². The van der Waals surface area contributed by atoms with Crippen molar-refractivity contribution in [3.63, 3.8) is 0 Å². The molecular formula is C17H23N3O4. The second-order valence-corrected chi connectivity index (χ2v) is 5.59. The molecule has 1 atom stereocenters. The van der Waals surface area contributed by atoms with Crippen LogP contribution in [0.2, 0.25) is 0 Å². The Morgan fingerprint density at radius 1 is 1.38 bits per heavy atom. The molecule has 7 nitrogen and oxygen atoms in total. The van der Waals surface area contributed by atoms with E-state index in [2.05, 4.69) is 10.3 Å². The van der Waals surface area contributed by atoms with Crippen LogP contribution < -0.4 is 10.9 Å². The number of carbonyl (C=O) groups excluding carboxylic acids is 2. The number of amides is 1. The molecule has 0 saturated heterocycles. The Labute approximate surface area is 141 Å². The first-order chi connectivity index (χ1) is 11.3. The zero-order valence-corrected chi connectivity index (χ0v) is 14.5. The summed E-state index contributed by atoms with van der Waals surface area (Å²) in [6.45, 7) is 7.39. The molecule has 0 aliphatic heterocycles. The second-order valence-electron chi connectivity index (χ2n) is 5.59. The van der Waals surface area contributed by atoms with E-state index in [9.17, 15) is 14.4 Å². The van der Waals surface area contributed by atoms with Crippen LogP contribution in [0.4, 0.5) is 0 Å². The average molecular weight is 333 g/mol. The van der Waals surface area contributed by atoms with E-state index >= 15 is 0 Å². The summed E-state index contributed by atoms with van der Waals surface area (Å²) in [6.07, 6.45) is 0.338. The molecule has 1 rings (SSSR count). The number of aryl methyl sites for hydroxylation is 1. The highest BCUT2D eigenvalue weighted by Crippen LogP contribution is 2.15. The number of hydrogen-bond donors (Lipinski definition) is 2. The Kier molecular flexibility index (Phi) is 7.18. The van der Waals surface area contributed by atoms with Crippen LogP contribution in [0.1, 0.15) is 49.1 Å². The Hall–Kier alpha value is -2.62. The Morgan fingerprint density at radius 2 is 2.04 bits per heavy atom. The number of ether oxygens (including phenoxy) is 1. The zero-order valence-electron chi connectivity index (χ0n) is 14.5. The third-order valence-electron chi connectivity index (χ3n) is 3.73. The molecule has 130 valence electrons. The molecular weight excluding hydrogens is 310 g/mol. The Morgan fingerprint density at radius 3 is 2.62 bits per heavy atom. The average Bonchev–Trinajstić information content (AvgIpc) is 2.52. The number of carbonyl (C=O) groups is 2. The summed E-state index contributed by atoms with van der Waals surface area (Å²) in [5, 5.41) is 11.7. The van der Waals surface area contributed by atoms with Gasteiger partial charge >= 0.3 is 5.97 Å². The lowest BCUT2D eigenvalue weighted by Gasteiger charge is -2.14. The quantitative estimate of drug-likeness (QED) is 0.729. The normalized spacial score (nSPS) is 11.5. The van der Waals surface area contributed by atoms with Gasteiger partial charge in [0.15, 0.2) is 6.10 Å². The van der Waals surface area contributed by atoms with Crippen molar-refractivity contribution in [1.29, 1.82) is 5.26 Å². The van der Waals surface area contributed by atoms with E-state index in [0.717, 1.165) is 12.0 Å². The maximum atomic E-state index is 11.9. The highest BCUT2D eigenvalue weighted by molar-refractivity contribution is 5.83. The fourth-order valence-corrected chi connectivity index (χ4v) is 2.35. The van der Waals surface area contributed by atoms with Gasteiger partial charge < -0.3 is 15.0 Å². The van der Waals surface area contributed by atoms with Gasteiger partial charge in [0.25, 0.3) is 11.5 Å². The first kappa shape index (κ1) is 19.4. The number of pyridine rings is 1. The first-order valence-electron chi connectivity index (χ1n) is 7.91. The summed E-state index contributed by atoms with van der Waals surface area (Å²) in [5.41, 5.74) is 1.56. The van der Waals surface area contributed by atoms with Crippen LogP contribution in [0.3, 0.4) is 0 Å². The van der Waals surface area contributed by atoms with Crippen molar-refractivity contribution in [3.05, 3.63) is 32.7 Å². The number of nitrogens with one attached hydrogen (secondary N) is 2. The predicted molar refractivity (Wildman–Crippen MR) is 88.4 cm³/mol. The molecule has 0 unspecified atom stereocenters. The molecule has 0 spiro atoms. The first-order valence-corrected chi connectivity index (χ1v) is 7.91. The van der Waals surface area contributed by atoms with Crippen molar-refractivity contribution in [1.82, 2.24) is 10.3 Å². The van der Waals surface area contributed by atoms with Crippen LogP contribution in [-0.2, 0) is 20.7 Å². The monoisotopic (exact) mass is 333 g/mol. The lowest BCUT2D eigenvalue weighted by Crippen LogP contribution is -2.36. The van der Waals surface area contributed by atoms with E-state index < -0.39 is 17.6 Å². The maximum absolute atomic E-state index is 11.9. The number of nitrogens with zero attached hydrogens (tertiary/aromatic N) is 1. The summed E-state index contributed by atoms with van der Waals surface area (Å²) in [5.74, 6) is -0.828. The van der Waals surface area contributed by atoms with E-state index in [0.29, 0.717) is 24.2 Å². The predicted octanol–water partition coefficient (Wildman–Crippen LogP) is 1.25. The molecule has 0 radical (unpaired) electrons. The van der Waals surface area contributed by atoms with E-state index in [1.807, 2.05) is 13.0 Å². The van der Waals surface area contributed by atoms with E-state index in [1.54, 1.807) is 13.8 Å². The Bertz CT molecular complexity index is 716. The lowest BCUT2D eigenvalue weighted by molar-refractivity contribution is -0.154. The topological polar surface area (TPSA) is 112 Å². The van der Waals surface area contributed by atoms with Crippen molar-refractivity contribution < 1.29 is 14.3 Å². The number of H-pyrrole nitrogens is 1. The Balaban J connectivity index is 2.70. The van der Waals surface area contributed by atoms with Crippen LogP contribution in [0.15, 0.2) is 4.79 Å². The molecule has 0 aromatic carbocycles. The van der Waals surface area contributed by atoms with Crippen LogP contribution in [0, 0.1) is 25.2 Å². The minimum absolute atomic E-state index is 0.0521. The standard InChI is InChI=1S/C17H23N3O4/c1-5-8-19-16(22)12(4)24-15(21)7-6-13-10(2)14(9-18)17(23)20-11(13)3/h12H,5-8H2,1-4H3,(H,19,22)(H,20,23)/t12-/m1/s1. The SMILES string of the molecule is CCCNC(=O)[C@@H](C)OC(=O)CCc1c(C)[nH]c(=O)c(C#N)c1C. The molecule has 1 heterocycles. The summed E-state index contributed by atoms with van der Waals surface area (Å²) < 4.78 is 5.10. The van der Waals surface area contributed by atoms with Gasteiger partial charge in [-0.15, -0.1) is 0 Å². The second kappa shape index (κ2) is 8.87. The zero-order chi connectivity index (χ0) is 18.3. The third-order valence-corrected chi connectivity index (χ3v) is 3.73. The number of nitriles is 1. The van der Waals surface area contributed by atoms with Crippen molar-refractivity contribution in [2.24, 2.45) is 0 Å². The van der Waals surface area contributed by atoms with E-state index in [4.69, 9.17) is 10.00 Å². The molecule has 0 bridgehead atoms. The van der Waals surface area contributed by atoms with Crippen LogP contribution in [0.25, 0.3) is 0 Å². The molecule has 1 amide bonds. The largest absolute Gasteiger partial charge is 0.453 e. The fourth-order valence-electron chi connectivity index (χ4n) is 2.35. The molecule has 1 aromatic rings. The molecule has 2 N–H and O–H groups in total. The van der Waals surface area contributed by atoms with Gasteiger partial charge in [-0.2, -0.15) is 5.26 Å². The third kappa shape index (κ3) is 4.95. The molecule has 0 aliphatic carbocycles. The van der Waals surface area contributed by atoms with Crippen molar-refractivity contribution >= 4 is 11.9 Å². The van der Waals surface area contributed by atoms with Gasteiger partial charge in [-0.3, -0.25) is 14.4 Å². The van der Waals surface area contributed by atoms with Crippen LogP contribution in [-0.4, -0.2) is 29.5 Å². The number of esters is 1. The van der Waals surface area contributed by atoms with Crippen LogP contribution >= 0.6 is 0 Å². The van der Waals surface area contributed by atoms with Crippen molar-refractivity contribution in [3.8, 4) is 6.07 Å². The number of aromatic nitrogens is 1. The highest BCUT2D eigenvalue weighted by Gasteiger charge is 2.18. The fraction of sp³-hybridized carbons (Fsp3) is 0.529. The summed E-state index contributed by atoms with van der Waals surface area (Å²) in [4.78, 5) is 37.9. The minimum atomic E-state index is -0.850. The van der Waals surface area contributed by atoms with E-state index in [1.165, 1.54) is 6.92 Å². The van der Waals surface area contributed by atoms with Gasteiger partial charge in [0.2, 0.25) is 0 Å². The maximum Gasteiger partial charge on any atom is 0.306 e. The molecule has 0 aliphatic rings. The highest BCUT2D eigenvalue weighted by atomic mass is 16.5. The van der Waals surface area contributed by atoms with Gasteiger partial charge in [0.1, 0.15) is 11.6 Å². The van der Waals surface area contributed by atoms with Gasteiger partial charge in [0, 0.05) is 18.7 Å². The molecule has 1 aromatic heterocycles. The lowest BCUT2D eigenvalue weighted by atomic mass is 9.99. The van der Waals surface area contributed by atoms with Crippen molar-refractivity contribution in [2.75, 3.05) is 6.54 Å². The summed E-state index contributed by atoms with van der Waals surface area (Å²) >= 11 is 0. The smallest absolute Gasteiger partial charge is 0.306 e. The van der Waals surface area contributed by atoms with Gasteiger partial charge in [-0.1, -0.05) is 6.92 Å².